The van der Waals surface area contributed by atoms with Crippen molar-refractivity contribution in [1.29, 1.82) is 0 Å². The van der Waals surface area contributed by atoms with E-state index in [0.29, 0.717) is 5.92 Å². The molecule has 0 aromatic heterocycles. The Morgan fingerprint density at radius 1 is 1.46 bits per heavy atom. The second-order valence-corrected chi connectivity index (χ2v) is 5.34. The van der Waals surface area contributed by atoms with Crippen molar-refractivity contribution in [3.63, 3.8) is 0 Å². The van der Waals surface area contributed by atoms with Crippen LogP contribution in [-0.4, -0.2) is 17.6 Å². The minimum absolute atomic E-state index is 0.0355. The molecule has 13 heavy (non-hydrogen) atoms. The Labute approximate surface area is 78.6 Å². The normalized spacial score (nSPS) is 41.8. The van der Waals surface area contributed by atoms with E-state index in [0.717, 1.165) is 12.8 Å². The first-order valence-corrected chi connectivity index (χ1v) is 4.84. The van der Waals surface area contributed by atoms with E-state index in [2.05, 4.69) is 0 Å². The fourth-order valence-electron chi connectivity index (χ4n) is 2.23. The largest absolute Gasteiger partial charge is 0.460 e. The third-order valence-electron chi connectivity index (χ3n) is 3.06. The lowest BCUT2D eigenvalue weighted by atomic mass is 9.80. The van der Waals surface area contributed by atoms with Gasteiger partial charge in [-0.3, -0.25) is 4.79 Å². The lowest BCUT2D eigenvalue weighted by Gasteiger charge is -2.32. The molecule has 3 unspecified atom stereocenters. The highest BCUT2D eigenvalue weighted by Crippen LogP contribution is 2.67. The van der Waals surface area contributed by atoms with Crippen LogP contribution >= 0.6 is 0 Å². The van der Waals surface area contributed by atoms with Crippen LogP contribution in [0.1, 0.15) is 33.6 Å². The van der Waals surface area contributed by atoms with Gasteiger partial charge in [0, 0.05) is 6.04 Å². The van der Waals surface area contributed by atoms with Gasteiger partial charge in [0.05, 0.1) is 5.41 Å². The van der Waals surface area contributed by atoms with Gasteiger partial charge in [-0.05, 0) is 39.5 Å². The number of carbonyl (C=O) groups is 1. The van der Waals surface area contributed by atoms with Crippen molar-refractivity contribution in [2.75, 3.05) is 0 Å². The van der Waals surface area contributed by atoms with Gasteiger partial charge in [-0.2, -0.15) is 0 Å². The van der Waals surface area contributed by atoms with Crippen molar-refractivity contribution < 1.29 is 9.53 Å². The molecule has 3 atom stereocenters. The Hall–Kier alpha value is -0.570. The first kappa shape index (κ1) is 9.00. The SMILES string of the molecule is CC(C)(C)OC(=O)C12CC(N)C1C2. The highest BCUT2D eigenvalue weighted by Gasteiger charge is 2.71. The second kappa shape index (κ2) is 2.27. The van der Waals surface area contributed by atoms with Crippen LogP contribution in [0.25, 0.3) is 0 Å². The van der Waals surface area contributed by atoms with Crippen LogP contribution < -0.4 is 5.73 Å². The van der Waals surface area contributed by atoms with Crippen molar-refractivity contribution >= 4 is 5.97 Å². The summed E-state index contributed by atoms with van der Waals surface area (Å²) in [7, 11) is 0. The zero-order valence-electron chi connectivity index (χ0n) is 8.46. The van der Waals surface area contributed by atoms with Crippen LogP contribution in [-0.2, 0) is 9.53 Å². The third-order valence-corrected chi connectivity index (χ3v) is 3.06. The van der Waals surface area contributed by atoms with E-state index in [9.17, 15) is 4.79 Å². The van der Waals surface area contributed by atoms with E-state index < -0.39 is 0 Å². The lowest BCUT2D eigenvalue weighted by molar-refractivity contribution is -0.165. The van der Waals surface area contributed by atoms with Crippen molar-refractivity contribution in [2.24, 2.45) is 17.1 Å². The van der Waals surface area contributed by atoms with E-state index in [1.165, 1.54) is 0 Å². The van der Waals surface area contributed by atoms with E-state index in [1.807, 2.05) is 20.8 Å². The molecule has 0 bridgehead atoms. The molecule has 0 spiro atoms. The summed E-state index contributed by atoms with van der Waals surface area (Å²) >= 11 is 0. The standard InChI is InChI=1S/C10H17NO2/c1-9(2,3)13-8(12)10-4-6(10)7(11)5-10/h6-7H,4-5,11H2,1-3H3. The number of hydrogen-bond acceptors (Lipinski definition) is 3. The maximum Gasteiger partial charge on any atom is 0.313 e. The second-order valence-electron chi connectivity index (χ2n) is 5.34. The molecule has 3 heteroatoms. The van der Waals surface area contributed by atoms with Crippen molar-refractivity contribution in [2.45, 2.75) is 45.3 Å². The molecule has 2 aliphatic rings. The fraction of sp³-hybridized carbons (Fsp3) is 0.900. The highest BCUT2D eigenvalue weighted by atomic mass is 16.6. The summed E-state index contributed by atoms with van der Waals surface area (Å²) in [5.41, 5.74) is 5.22. The van der Waals surface area contributed by atoms with Gasteiger partial charge >= 0.3 is 5.97 Å². The van der Waals surface area contributed by atoms with E-state index in [4.69, 9.17) is 10.5 Å². The molecule has 2 N–H and O–H groups in total. The molecule has 0 saturated heterocycles. The van der Waals surface area contributed by atoms with Gasteiger partial charge in [-0.15, -0.1) is 0 Å². The molecule has 74 valence electrons. The topological polar surface area (TPSA) is 52.3 Å². The lowest BCUT2D eigenvalue weighted by Crippen LogP contribution is -2.44. The summed E-state index contributed by atoms with van der Waals surface area (Å²) in [6.07, 6.45) is 1.77. The molecule has 2 aliphatic carbocycles. The van der Waals surface area contributed by atoms with Crippen molar-refractivity contribution in [3.8, 4) is 0 Å². The number of carbonyl (C=O) groups excluding carboxylic acids is 1. The van der Waals surface area contributed by atoms with Crippen LogP contribution in [0, 0.1) is 11.3 Å². The first-order valence-electron chi connectivity index (χ1n) is 4.84. The number of fused-ring (bicyclic) bond motifs is 1. The van der Waals surface area contributed by atoms with Crippen molar-refractivity contribution in [3.05, 3.63) is 0 Å². The fourth-order valence-corrected chi connectivity index (χ4v) is 2.23. The molecule has 0 amide bonds. The maximum atomic E-state index is 11.7. The molecule has 2 saturated carbocycles. The highest BCUT2D eigenvalue weighted by molar-refractivity contribution is 5.83. The Morgan fingerprint density at radius 3 is 2.38 bits per heavy atom. The summed E-state index contributed by atoms with van der Waals surface area (Å²) in [6.45, 7) is 5.70. The summed E-state index contributed by atoms with van der Waals surface area (Å²) < 4.78 is 5.34. The van der Waals surface area contributed by atoms with Gasteiger partial charge in [-0.1, -0.05) is 0 Å². The Balaban J connectivity index is 1.94. The van der Waals surface area contributed by atoms with Gasteiger partial charge in [0.2, 0.25) is 0 Å². The Bertz CT molecular complexity index is 256. The summed E-state index contributed by atoms with van der Waals surface area (Å²) in [4.78, 5) is 11.7. The number of rotatable bonds is 1. The van der Waals surface area contributed by atoms with Gasteiger partial charge in [0.25, 0.3) is 0 Å². The van der Waals surface area contributed by atoms with Crippen molar-refractivity contribution in [1.82, 2.24) is 0 Å². The van der Waals surface area contributed by atoms with Crippen LogP contribution in [0.5, 0.6) is 0 Å². The molecular formula is C10H17NO2. The molecule has 0 aromatic carbocycles. The van der Waals surface area contributed by atoms with E-state index >= 15 is 0 Å². The summed E-state index contributed by atoms with van der Waals surface area (Å²) in [6, 6.07) is 0.243. The maximum absolute atomic E-state index is 11.7. The zero-order chi connectivity index (χ0) is 9.85. The predicted octanol–water partition coefficient (Wildman–Crippen LogP) is 1.07. The number of ether oxygens (including phenoxy) is 1. The molecule has 3 nitrogen and oxygen atoms in total. The van der Waals surface area contributed by atoms with Crippen LogP contribution in [0.3, 0.4) is 0 Å². The summed E-state index contributed by atoms with van der Waals surface area (Å²) in [5, 5.41) is 0. The molecule has 2 rings (SSSR count). The number of nitrogens with two attached hydrogens (primary N) is 1. The van der Waals surface area contributed by atoms with E-state index in [1.54, 1.807) is 0 Å². The quantitative estimate of drug-likeness (QED) is 0.618. The predicted molar refractivity (Wildman–Crippen MR) is 49.0 cm³/mol. The molecule has 2 fully saturated rings. The first-order chi connectivity index (χ1) is 5.85. The summed E-state index contributed by atoms with van der Waals surface area (Å²) in [5.74, 6) is 0.383. The van der Waals surface area contributed by atoms with Crippen LogP contribution in [0.15, 0.2) is 0 Å². The minimum Gasteiger partial charge on any atom is -0.460 e. The molecule has 0 radical (unpaired) electrons. The van der Waals surface area contributed by atoms with Crippen LogP contribution in [0.2, 0.25) is 0 Å². The minimum atomic E-state index is -0.362. The van der Waals surface area contributed by atoms with Gasteiger partial charge in [0.15, 0.2) is 0 Å². The number of esters is 1. The average molecular weight is 183 g/mol. The Morgan fingerprint density at radius 2 is 2.08 bits per heavy atom. The van der Waals surface area contributed by atoms with E-state index in [-0.39, 0.29) is 23.0 Å². The van der Waals surface area contributed by atoms with Crippen LogP contribution in [0.4, 0.5) is 0 Å². The molecule has 0 aromatic rings. The molecule has 0 aliphatic heterocycles. The zero-order valence-corrected chi connectivity index (χ0v) is 8.46. The average Bonchev–Trinajstić information content (AvgIpc) is 2.53. The smallest absolute Gasteiger partial charge is 0.313 e. The monoisotopic (exact) mass is 183 g/mol. The Kier molecular flexibility index (Phi) is 1.57. The van der Waals surface area contributed by atoms with Gasteiger partial charge < -0.3 is 10.5 Å². The third kappa shape index (κ3) is 1.26. The van der Waals surface area contributed by atoms with Gasteiger partial charge in [-0.25, -0.2) is 0 Å². The van der Waals surface area contributed by atoms with Gasteiger partial charge in [0.1, 0.15) is 5.60 Å². The molecular weight excluding hydrogens is 166 g/mol. The molecule has 0 heterocycles. The number of hydrogen-bond donors (Lipinski definition) is 1.